The molecule has 0 atom stereocenters. The first-order valence-corrected chi connectivity index (χ1v) is 8.15. The average Bonchev–Trinajstić information content (AvgIpc) is 2.56. The Kier molecular flexibility index (Phi) is 4.66. The summed E-state index contributed by atoms with van der Waals surface area (Å²) in [5.74, 6) is 0.0172. The van der Waals surface area contributed by atoms with Crippen LogP contribution < -0.4 is 10.8 Å². The molecule has 0 spiro atoms. The Bertz CT molecular complexity index is 574. The van der Waals surface area contributed by atoms with E-state index < -0.39 is 7.12 Å². The standard InChI is InChI=1S/C18H28BNO3/c1-16(2,3)12-15(21)20-14-10-8-9-13(11-14)19-22-17(4,5)18(6,7)23-19/h8-11H,12H2,1-7H3,(H,20,21). The zero-order chi connectivity index (χ0) is 17.5. The highest BCUT2D eigenvalue weighted by molar-refractivity contribution is 6.62. The smallest absolute Gasteiger partial charge is 0.399 e. The molecule has 4 nitrogen and oxygen atoms in total. The van der Waals surface area contributed by atoms with Gasteiger partial charge in [0.05, 0.1) is 11.2 Å². The molecule has 1 heterocycles. The molecule has 1 aromatic rings. The van der Waals surface area contributed by atoms with Crippen LogP contribution in [-0.4, -0.2) is 24.2 Å². The van der Waals surface area contributed by atoms with Gasteiger partial charge in [-0.25, -0.2) is 0 Å². The van der Waals surface area contributed by atoms with Crippen molar-refractivity contribution in [2.45, 2.75) is 66.1 Å². The summed E-state index contributed by atoms with van der Waals surface area (Å²) in [6.45, 7) is 14.3. The van der Waals surface area contributed by atoms with Crippen LogP contribution in [0.25, 0.3) is 0 Å². The molecule has 126 valence electrons. The summed E-state index contributed by atoms with van der Waals surface area (Å²) in [7, 11) is -0.417. The van der Waals surface area contributed by atoms with E-state index in [0.717, 1.165) is 11.2 Å². The fourth-order valence-corrected chi connectivity index (χ4v) is 2.43. The Hall–Kier alpha value is -1.33. The number of benzene rings is 1. The van der Waals surface area contributed by atoms with E-state index in [1.807, 2.05) is 72.7 Å². The van der Waals surface area contributed by atoms with E-state index >= 15 is 0 Å². The van der Waals surface area contributed by atoms with Gasteiger partial charge in [-0.05, 0) is 50.7 Å². The number of rotatable bonds is 3. The molecule has 1 aliphatic rings. The van der Waals surface area contributed by atoms with E-state index in [0.29, 0.717) is 6.42 Å². The fraction of sp³-hybridized carbons (Fsp3) is 0.611. The molecule has 0 radical (unpaired) electrons. The number of amides is 1. The normalized spacial score (nSPS) is 19.7. The lowest BCUT2D eigenvalue weighted by Gasteiger charge is -2.32. The quantitative estimate of drug-likeness (QED) is 0.870. The second-order valence-electron chi connectivity index (χ2n) is 8.50. The van der Waals surface area contributed by atoms with Gasteiger partial charge < -0.3 is 14.6 Å². The lowest BCUT2D eigenvalue weighted by Crippen LogP contribution is -2.41. The van der Waals surface area contributed by atoms with Gasteiger partial charge >= 0.3 is 7.12 Å². The van der Waals surface area contributed by atoms with Gasteiger partial charge in [-0.3, -0.25) is 4.79 Å². The number of anilines is 1. The third kappa shape index (κ3) is 4.36. The zero-order valence-electron chi connectivity index (χ0n) is 15.3. The second-order valence-corrected chi connectivity index (χ2v) is 8.50. The van der Waals surface area contributed by atoms with E-state index in [2.05, 4.69) is 5.32 Å². The minimum absolute atomic E-state index is 0.0172. The van der Waals surface area contributed by atoms with Gasteiger partial charge in [0, 0.05) is 12.1 Å². The molecule has 5 heteroatoms. The molecule has 0 unspecified atom stereocenters. The van der Waals surface area contributed by atoms with Crippen LogP contribution >= 0.6 is 0 Å². The van der Waals surface area contributed by atoms with Gasteiger partial charge in [-0.1, -0.05) is 32.9 Å². The maximum atomic E-state index is 12.1. The van der Waals surface area contributed by atoms with E-state index in [1.165, 1.54) is 0 Å². The molecule has 1 saturated heterocycles. The van der Waals surface area contributed by atoms with Gasteiger partial charge in [0.25, 0.3) is 0 Å². The summed E-state index contributed by atoms with van der Waals surface area (Å²) in [5, 5.41) is 2.95. The largest absolute Gasteiger partial charge is 0.494 e. The predicted molar refractivity (Wildman–Crippen MR) is 94.9 cm³/mol. The Morgan fingerprint density at radius 2 is 1.70 bits per heavy atom. The van der Waals surface area contributed by atoms with Crippen molar-refractivity contribution in [3.8, 4) is 0 Å². The molecule has 1 aromatic carbocycles. The molecule has 0 saturated carbocycles. The van der Waals surface area contributed by atoms with Crippen LogP contribution in [0, 0.1) is 5.41 Å². The maximum absolute atomic E-state index is 12.1. The molecule has 1 aliphatic heterocycles. The van der Waals surface area contributed by atoms with Crippen molar-refractivity contribution >= 4 is 24.2 Å². The van der Waals surface area contributed by atoms with Gasteiger partial charge in [-0.2, -0.15) is 0 Å². The Labute approximate surface area is 140 Å². The monoisotopic (exact) mass is 317 g/mol. The zero-order valence-corrected chi connectivity index (χ0v) is 15.3. The summed E-state index contributed by atoms with van der Waals surface area (Å²) in [5.41, 5.74) is 0.906. The summed E-state index contributed by atoms with van der Waals surface area (Å²) in [6.07, 6.45) is 0.480. The maximum Gasteiger partial charge on any atom is 0.494 e. The summed E-state index contributed by atoms with van der Waals surface area (Å²) >= 11 is 0. The van der Waals surface area contributed by atoms with Crippen LogP contribution in [-0.2, 0) is 14.1 Å². The first kappa shape index (κ1) is 18.0. The molecule has 1 amide bonds. The average molecular weight is 317 g/mol. The Balaban J connectivity index is 2.11. The third-order valence-corrected chi connectivity index (χ3v) is 4.39. The molecule has 0 aliphatic carbocycles. The van der Waals surface area contributed by atoms with Crippen molar-refractivity contribution in [1.29, 1.82) is 0 Å². The van der Waals surface area contributed by atoms with Crippen molar-refractivity contribution in [3.05, 3.63) is 24.3 Å². The number of carbonyl (C=O) groups is 1. The van der Waals surface area contributed by atoms with Crippen LogP contribution in [0.4, 0.5) is 5.69 Å². The van der Waals surface area contributed by atoms with Gasteiger partial charge in [0.15, 0.2) is 0 Å². The van der Waals surface area contributed by atoms with E-state index in [-0.39, 0.29) is 22.5 Å². The fourth-order valence-electron chi connectivity index (χ4n) is 2.43. The molecule has 1 fully saturated rings. The predicted octanol–water partition coefficient (Wildman–Crippen LogP) is 3.36. The molecular formula is C18H28BNO3. The van der Waals surface area contributed by atoms with Crippen LogP contribution in [0.5, 0.6) is 0 Å². The van der Waals surface area contributed by atoms with Crippen molar-refractivity contribution in [2.75, 3.05) is 5.32 Å². The molecule has 2 rings (SSSR count). The van der Waals surface area contributed by atoms with Crippen molar-refractivity contribution in [1.82, 2.24) is 0 Å². The van der Waals surface area contributed by atoms with Crippen molar-refractivity contribution in [3.63, 3.8) is 0 Å². The number of carbonyl (C=O) groups excluding carboxylic acids is 1. The van der Waals surface area contributed by atoms with Gasteiger partial charge in [0.2, 0.25) is 5.91 Å². The topological polar surface area (TPSA) is 47.6 Å². The summed E-state index contributed by atoms with van der Waals surface area (Å²) in [4.78, 5) is 12.1. The number of hydrogen-bond donors (Lipinski definition) is 1. The third-order valence-electron chi connectivity index (χ3n) is 4.39. The lowest BCUT2D eigenvalue weighted by molar-refractivity contribution is -0.117. The molecule has 1 N–H and O–H groups in total. The van der Waals surface area contributed by atoms with Crippen molar-refractivity contribution < 1.29 is 14.1 Å². The van der Waals surface area contributed by atoms with Gasteiger partial charge in [-0.15, -0.1) is 0 Å². The first-order valence-electron chi connectivity index (χ1n) is 8.15. The highest BCUT2D eigenvalue weighted by Gasteiger charge is 2.51. The van der Waals surface area contributed by atoms with E-state index in [1.54, 1.807) is 0 Å². The minimum atomic E-state index is -0.417. The van der Waals surface area contributed by atoms with Crippen LogP contribution in [0.2, 0.25) is 0 Å². The SMILES string of the molecule is CC(C)(C)CC(=O)Nc1cccc(B2OC(C)(C)C(C)(C)O2)c1. The molecule has 0 aromatic heterocycles. The number of hydrogen-bond acceptors (Lipinski definition) is 3. The number of nitrogens with one attached hydrogen (secondary N) is 1. The lowest BCUT2D eigenvalue weighted by atomic mass is 9.79. The van der Waals surface area contributed by atoms with E-state index in [4.69, 9.17) is 9.31 Å². The highest BCUT2D eigenvalue weighted by atomic mass is 16.7. The molecule has 0 bridgehead atoms. The highest BCUT2D eigenvalue weighted by Crippen LogP contribution is 2.36. The second kappa shape index (κ2) is 5.95. The summed E-state index contributed by atoms with van der Waals surface area (Å²) < 4.78 is 12.1. The molecule has 23 heavy (non-hydrogen) atoms. The van der Waals surface area contributed by atoms with Crippen molar-refractivity contribution in [2.24, 2.45) is 5.41 Å². The van der Waals surface area contributed by atoms with Crippen LogP contribution in [0.3, 0.4) is 0 Å². The first-order chi connectivity index (χ1) is 10.4. The van der Waals surface area contributed by atoms with Crippen LogP contribution in [0.15, 0.2) is 24.3 Å². The Morgan fingerprint density at radius 1 is 1.13 bits per heavy atom. The minimum Gasteiger partial charge on any atom is -0.399 e. The van der Waals surface area contributed by atoms with Gasteiger partial charge in [0.1, 0.15) is 0 Å². The van der Waals surface area contributed by atoms with E-state index in [9.17, 15) is 4.79 Å². The van der Waals surface area contributed by atoms with Crippen LogP contribution in [0.1, 0.15) is 54.9 Å². The molecular weight excluding hydrogens is 289 g/mol. The summed E-state index contributed by atoms with van der Waals surface area (Å²) in [6, 6.07) is 7.67. The Morgan fingerprint density at radius 3 is 2.22 bits per heavy atom.